The van der Waals surface area contributed by atoms with Gasteiger partial charge in [-0.2, -0.15) is 0 Å². The molecule has 0 aromatic carbocycles. The molecule has 0 aromatic rings. The van der Waals surface area contributed by atoms with Crippen LogP contribution in [-0.4, -0.2) is 110 Å². The topological polar surface area (TPSA) is 118 Å². The molecular formula is C22H40N2O8Rf3-2. The Balaban J connectivity index is -0.000000539. The number of aliphatic hydroxyl groups excluding tert-OH is 2. The van der Waals surface area contributed by atoms with Crippen molar-refractivity contribution < 1.29 is 38.7 Å². The maximum atomic E-state index is 11.6. The number of hydrogen-bond donors (Lipinski definition) is 2. The number of nitrogens with zero attached hydrogens (tertiary/aromatic N) is 2. The van der Waals surface area contributed by atoms with Crippen LogP contribution in [0.2, 0.25) is 0 Å². The second-order valence-corrected chi connectivity index (χ2v) is 7.96. The van der Waals surface area contributed by atoms with Crippen molar-refractivity contribution in [1.29, 1.82) is 0 Å². The van der Waals surface area contributed by atoms with Gasteiger partial charge in [0.15, 0.2) is 0 Å². The third-order valence-corrected chi connectivity index (χ3v) is 5.11. The molecule has 2 heterocycles. The van der Waals surface area contributed by atoms with Crippen LogP contribution in [0.3, 0.4) is 0 Å². The van der Waals surface area contributed by atoms with Gasteiger partial charge in [-0.3, -0.25) is 9.59 Å². The van der Waals surface area contributed by atoms with Gasteiger partial charge in [0.1, 0.15) is 13.2 Å². The molecule has 2 amide bonds. The van der Waals surface area contributed by atoms with E-state index in [4.69, 9.17) is 9.47 Å². The van der Waals surface area contributed by atoms with E-state index in [0.29, 0.717) is 0 Å². The van der Waals surface area contributed by atoms with E-state index >= 15 is 0 Å². The van der Waals surface area contributed by atoms with E-state index in [0.717, 1.165) is 51.9 Å². The fraction of sp³-hybridized carbons (Fsp3) is 0.818. The number of aliphatic hydroxyl groups is 2. The monoisotopic (exact) mass is 1260 g/mol. The Labute approximate surface area is 191 Å². The van der Waals surface area contributed by atoms with Crippen molar-refractivity contribution in [1.82, 2.24) is 9.80 Å². The van der Waals surface area contributed by atoms with Crippen LogP contribution in [0.1, 0.15) is 38.5 Å². The zero-order chi connectivity index (χ0) is 23.6. The van der Waals surface area contributed by atoms with Crippen molar-refractivity contribution >= 4 is 11.8 Å². The Morgan fingerprint density at radius 1 is 0.629 bits per heavy atom. The number of amides is 2. The third-order valence-electron chi connectivity index (χ3n) is 5.11. The summed E-state index contributed by atoms with van der Waals surface area (Å²) in [7, 11) is 6.30. The molecule has 2 atom stereocenters. The molecule has 2 N–H and O–H groups in total. The molecule has 0 aliphatic carbocycles. The molecule has 2 unspecified atom stereocenters. The normalized spacial score (nSPS) is 16.9. The van der Waals surface area contributed by atoms with Crippen LogP contribution in [0.25, 0.3) is 0 Å². The summed E-state index contributed by atoms with van der Waals surface area (Å²) in [6.45, 7) is 3.83. The molecule has 0 spiro atoms. The van der Waals surface area contributed by atoms with Gasteiger partial charge in [-0.15, -0.1) is 0 Å². The number of carbonyl (C=O) groups is 2. The average Bonchev–Trinajstić information content (AvgIpc) is 2.81. The predicted octanol–water partition coefficient (Wildman–Crippen LogP) is 0.369. The molecule has 2 fully saturated rings. The molecule has 0 saturated carbocycles. The SMILES string of the molecule is [CH2-]OCC(O)COCC(=O)N1CCCCC1.[CH2-]OCC(O)COCC(=O)N1CCCCC1.[Rf].[Rf].[Rf]. The van der Waals surface area contributed by atoms with Gasteiger partial charge in [0.25, 0.3) is 0 Å². The van der Waals surface area contributed by atoms with E-state index < -0.39 is 12.2 Å². The van der Waals surface area contributed by atoms with Gasteiger partial charge in [-0.25, -0.2) is 14.2 Å². The van der Waals surface area contributed by atoms with Gasteiger partial charge in [-0.1, -0.05) is 0 Å². The molecule has 0 aromatic heterocycles. The molecule has 13 heteroatoms. The first-order chi connectivity index (χ1) is 15.5. The van der Waals surface area contributed by atoms with E-state index in [2.05, 4.69) is 23.7 Å². The smallest absolute Gasteiger partial charge is 0.248 e. The van der Waals surface area contributed by atoms with Crippen LogP contribution < -0.4 is 0 Å². The first kappa shape index (κ1) is 35.3. The van der Waals surface area contributed by atoms with Crippen molar-refractivity contribution in [3.63, 3.8) is 0 Å². The molecule has 0 bridgehead atoms. The Morgan fingerprint density at radius 2 is 0.943 bits per heavy atom. The van der Waals surface area contributed by atoms with Crippen molar-refractivity contribution in [3.8, 4) is 0 Å². The van der Waals surface area contributed by atoms with Gasteiger partial charge in [0.2, 0.25) is 11.8 Å². The van der Waals surface area contributed by atoms with Crippen molar-refractivity contribution in [2.45, 2.75) is 50.7 Å². The Morgan fingerprint density at radius 3 is 1.23 bits per heavy atom. The third kappa shape index (κ3) is 16.0. The summed E-state index contributed by atoms with van der Waals surface area (Å²) in [5.74, 6) is 0.00452. The second kappa shape index (κ2) is 21.5. The summed E-state index contributed by atoms with van der Waals surface area (Å²) in [6, 6.07) is 0. The minimum Gasteiger partial charge on any atom is -0.553 e. The zero-order valence-corrected chi connectivity index (χ0v) is 40.4. The Bertz CT molecular complexity index is 467. The summed E-state index contributed by atoms with van der Waals surface area (Å²) in [4.78, 5) is 26.9. The first-order valence-electron chi connectivity index (χ1n) is 11.3. The zero-order valence-electron chi connectivity index (χ0n) is 21.2. The minimum absolute atomic E-state index is 0. The van der Waals surface area contributed by atoms with Crippen LogP contribution in [0.4, 0.5) is 0 Å². The number of likely N-dealkylation sites (tertiary alicyclic amines) is 2. The number of ether oxygens (including phenoxy) is 4. The van der Waals surface area contributed by atoms with E-state index in [-0.39, 0.29) is 51.5 Å². The van der Waals surface area contributed by atoms with E-state index in [1.54, 1.807) is 0 Å². The van der Waals surface area contributed by atoms with Crippen molar-refractivity contribution in [2.75, 3.05) is 65.8 Å². The summed E-state index contributed by atoms with van der Waals surface area (Å²) in [5.41, 5.74) is 0. The average molecular weight is 1260 g/mol. The van der Waals surface area contributed by atoms with E-state index in [9.17, 15) is 19.8 Å². The van der Waals surface area contributed by atoms with E-state index in [1.165, 1.54) is 12.8 Å². The number of piperidine rings is 2. The maximum absolute atomic E-state index is 11.6. The molecule has 2 rings (SSSR count). The fourth-order valence-electron chi connectivity index (χ4n) is 3.40. The van der Waals surface area contributed by atoms with Crippen LogP contribution >= 0.6 is 0 Å². The van der Waals surface area contributed by atoms with Crippen LogP contribution in [-0.2, 0) is 28.5 Å². The van der Waals surface area contributed by atoms with Crippen LogP contribution in [0.5, 0.6) is 0 Å². The summed E-state index contributed by atoms with van der Waals surface area (Å²) in [5, 5.41) is 18.5. The molecular weight excluding hydrogens is 1220 g/mol. The standard InChI is InChI=1S/2C11H20NO4.3Rf/c2*1-15-7-10(13)8-16-9-11(14)12-5-3-2-4-6-12;;;/h2*10,13H,1-9H2;;;/q2*-1;;;. The molecule has 2 aliphatic rings. The fourth-order valence-corrected chi connectivity index (χ4v) is 3.40. The largest absolute Gasteiger partial charge is 0.553 e. The van der Waals surface area contributed by atoms with Crippen molar-refractivity contribution in [3.05, 3.63) is 14.2 Å². The maximum Gasteiger partial charge on any atom is 0.248 e. The van der Waals surface area contributed by atoms with Gasteiger partial charge >= 0.3 is 0 Å². The molecule has 2 saturated heterocycles. The Hall–Kier alpha value is -4.30. The van der Waals surface area contributed by atoms with E-state index in [1.807, 2.05) is 9.80 Å². The second-order valence-electron chi connectivity index (χ2n) is 7.96. The predicted molar refractivity (Wildman–Crippen MR) is 117 cm³/mol. The molecule has 194 valence electrons. The summed E-state index contributed by atoms with van der Waals surface area (Å²) < 4.78 is 19.2. The molecule has 0 radical (unpaired) electrons. The number of rotatable bonds is 12. The molecule has 35 heavy (non-hydrogen) atoms. The van der Waals surface area contributed by atoms with Gasteiger partial charge < -0.3 is 39.0 Å². The van der Waals surface area contributed by atoms with Gasteiger partial charge in [0, 0.05) is 39.4 Å². The minimum atomic E-state index is -0.716. The summed E-state index contributed by atoms with van der Waals surface area (Å²) >= 11 is 0. The van der Waals surface area contributed by atoms with Gasteiger partial charge in [0.05, 0.1) is 25.4 Å². The first-order valence-corrected chi connectivity index (χ1v) is 11.3. The summed E-state index contributed by atoms with van der Waals surface area (Å²) in [6.07, 6.45) is 5.26. The van der Waals surface area contributed by atoms with Gasteiger partial charge in [-0.05, 0) is 38.5 Å². The van der Waals surface area contributed by atoms with Crippen LogP contribution in [0, 0.1) is 14.2 Å². The number of carbonyl (C=O) groups excluding carboxylic acids is 2. The molecule has 10 nitrogen and oxygen atoms in total. The van der Waals surface area contributed by atoms with Crippen molar-refractivity contribution in [2.24, 2.45) is 0 Å². The van der Waals surface area contributed by atoms with Crippen LogP contribution in [0.15, 0.2) is 0 Å². The molecule has 2 aliphatic heterocycles. The number of hydrogen-bond acceptors (Lipinski definition) is 8. The Kier molecular flexibility index (Phi) is 21.7. The quantitative estimate of drug-likeness (QED) is 0.270.